The molecule has 3 rings (SSSR count). The summed E-state index contributed by atoms with van der Waals surface area (Å²) in [6.45, 7) is 2.16. The highest BCUT2D eigenvalue weighted by Gasteiger charge is 2.25. The number of rotatable bonds is 5. The second-order valence-electron chi connectivity index (χ2n) is 6.35. The van der Waals surface area contributed by atoms with Crippen molar-refractivity contribution in [3.8, 4) is 0 Å². The fourth-order valence-electron chi connectivity index (χ4n) is 2.74. The van der Waals surface area contributed by atoms with Crippen molar-refractivity contribution in [2.75, 3.05) is 6.54 Å². The summed E-state index contributed by atoms with van der Waals surface area (Å²) >= 11 is 0. The monoisotopic (exact) mass is 338 g/mol. The average Bonchev–Trinajstić information content (AvgIpc) is 3.05. The molecule has 1 atom stereocenters. The lowest BCUT2D eigenvalue weighted by Gasteiger charge is -2.22. The molecule has 6 heteroatoms. The van der Waals surface area contributed by atoms with Crippen LogP contribution >= 0.6 is 0 Å². The van der Waals surface area contributed by atoms with Gasteiger partial charge in [0.1, 0.15) is 5.60 Å². The Kier molecular flexibility index (Phi) is 4.72. The number of nitrogens with zero attached hydrogens (tertiary/aromatic N) is 2. The Balaban J connectivity index is 1.58. The van der Waals surface area contributed by atoms with Gasteiger partial charge in [0.15, 0.2) is 0 Å². The molecule has 2 amide bonds. The standard InChI is InChI=1S/C19H22N4O2/c1-19(25,16-11-22-23(2)12-16)13-21-18(24)20-10-15-8-5-7-14-6-3-4-9-17(14)15/h3-9,11-12,25H,10,13H2,1-2H3,(H2,20,21,24)/t19-/m1/s1. The van der Waals surface area contributed by atoms with Gasteiger partial charge < -0.3 is 15.7 Å². The quantitative estimate of drug-likeness (QED) is 0.668. The third kappa shape index (κ3) is 3.97. The fraction of sp³-hybridized carbons (Fsp3) is 0.263. The van der Waals surface area contributed by atoms with Crippen LogP contribution in [-0.2, 0) is 19.2 Å². The molecule has 3 aromatic rings. The van der Waals surface area contributed by atoms with Crippen LogP contribution in [0.15, 0.2) is 54.9 Å². The number of carbonyl (C=O) groups is 1. The highest BCUT2D eigenvalue weighted by atomic mass is 16.3. The van der Waals surface area contributed by atoms with Crippen molar-refractivity contribution >= 4 is 16.8 Å². The zero-order valence-electron chi connectivity index (χ0n) is 14.4. The van der Waals surface area contributed by atoms with Gasteiger partial charge in [0.2, 0.25) is 0 Å². The van der Waals surface area contributed by atoms with Crippen molar-refractivity contribution in [2.24, 2.45) is 7.05 Å². The van der Waals surface area contributed by atoms with Crippen LogP contribution in [0.1, 0.15) is 18.1 Å². The molecule has 0 aliphatic carbocycles. The van der Waals surface area contributed by atoms with E-state index in [1.165, 1.54) is 0 Å². The largest absolute Gasteiger partial charge is 0.383 e. The van der Waals surface area contributed by atoms with Crippen LogP contribution in [0.2, 0.25) is 0 Å². The van der Waals surface area contributed by atoms with Gasteiger partial charge in [-0.1, -0.05) is 42.5 Å². The number of fused-ring (bicyclic) bond motifs is 1. The highest BCUT2D eigenvalue weighted by molar-refractivity contribution is 5.86. The van der Waals surface area contributed by atoms with Crippen LogP contribution in [0.25, 0.3) is 10.8 Å². The Labute approximate surface area is 146 Å². The topological polar surface area (TPSA) is 79.2 Å². The smallest absolute Gasteiger partial charge is 0.315 e. The molecule has 25 heavy (non-hydrogen) atoms. The van der Waals surface area contributed by atoms with E-state index in [1.807, 2.05) is 42.5 Å². The molecule has 1 heterocycles. The zero-order chi connectivity index (χ0) is 17.9. The van der Waals surface area contributed by atoms with Gasteiger partial charge >= 0.3 is 6.03 Å². The number of carbonyl (C=O) groups excluding carboxylic acids is 1. The van der Waals surface area contributed by atoms with Gasteiger partial charge in [-0.2, -0.15) is 5.10 Å². The maximum absolute atomic E-state index is 12.1. The minimum absolute atomic E-state index is 0.0973. The number of hydrogen-bond acceptors (Lipinski definition) is 3. The van der Waals surface area contributed by atoms with Gasteiger partial charge in [-0.05, 0) is 23.3 Å². The molecule has 130 valence electrons. The molecule has 0 aliphatic rings. The van der Waals surface area contributed by atoms with Crippen LogP contribution in [0, 0.1) is 0 Å². The van der Waals surface area contributed by atoms with Gasteiger partial charge in [-0.25, -0.2) is 4.79 Å². The van der Waals surface area contributed by atoms with Crippen molar-refractivity contribution in [1.82, 2.24) is 20.4 Å². The van der Waals surface area contributed by atoms with Gasteiger partial charge in [-0.15, -0.1) is 0 Å². The molecule has 0 saturated carbocycles. The number of hydrogen-bond donors (Lipinski definition) is 3. The van der Waals surface area contributed by atoms with Crippen LogP contribution in [-0.4, -0.2) is 27.5 Å². The number of aromatic nitrogens is 2. The number of urea groups is 1. The maximum Gasteiger partial charge on any atom is 0.315 e. The number of nitrogens with one attached hydrogen (secondary N) is 2. The Bertz CT molecular complexity index is 881. The van der Waals surface area contributed by atoms with Crippen LogP contribution in [0.4, 0.5) is 4.79 Å². The summed E-state index contributed by atoms with van der Waals surface area (Å²) in [5, 5.41) is 22.3. The number of aryl methyl sites for hydroxylation is 1. The third-order valence-electron chi connectivity index (χ3n) is 4.24. The van der Waals surface area contributed by atoms with Crippen molar-refractivity contribution in [3.05, 3.63) is 66.0 Å². The van der Waals surface area contributed by atoms with Crippen LogP contribution in [0.5, 0.6) is 0 Å². The van der Waals surface area contributed by atoms with E-state index in [-0.39, 0.29) is 12.6 Å². The lowest BCUT2D eigenvalue weighted by Crippen LogP contribution is -2.43. The predicted molar refractivity (Wildman–Crippen MR) is 97.0 cm³/mol. The number of amides is 2. The number of aliphatic hydroxyl groups is 1. The summed E-state index contributed by atoms with van der Waals surface area (Å²) in [5.41, 5.74) is 0.530. The molecule has 0 saturated heterocycles. The van der Waals surface area contributed by atoms with Crippen LogP contribution in [0.3, 0.4) is 0 Å². The molecule has 6 nitrogen and oxygen atoms in total. The molecule has 0 radical (unpaired) electrons. The molecule has 3 N–H and O–H groups in total. The van der Waals surface area contributed by atoms with Crippen LogP contribution < -0.4 is 10.6 Å². The second-order valence-corrected chi connectivity index (χ2v) is 6.35. The Morgan fingerprint density at radius 1 is 1.20 bits per heavy atom. The summed E-state index contributed by atoms with van der Waals surface area (Å²) in [6.07, 6.45) is 3.32. The van der Waals surface area contributed by atoms with Gasteiger partial charge in [-0.3, -0.25) is 4.68 Å². The van der Waals surface area contributed by atoms with E-state index < -0.39 is 5.60 Å². The lowest BCUT2D eigenvalue weighted by atomic mass is 10.00. The fourth-order valence-corrected chi connectivity index (χ4v) is 2.74. The minimum Gasteiger partial charge on any atom is -0.383 e. The maximum atomic E-state index is 12.1. The summed E-state index contributed by atoms with van der Waals surface area (Å²) in [7, 11) is 1.78. The first kappa shape index (κ1) is 17.0. The molecular weight excluding hydrogens is 316 g/mol. The van der Waals surface area contributed by atoms with Gasteiger partial charge in [0, 0.05) is 25.4 Å². The highest BCUT2D eigenvalue weighted by Crippen LogP contribution is 2.19. The number of benzene rings is 2. The Morgan fingerprint density at radius 2 is 1.96 bits per heavy atom. The van der Waals surface area contributed by atoms with E-state index in [4.69, 9.17) is 0 Å². The molecule has 2 aromatic carbocycles. The van der Waals surface area contributed by atoms with E-state index in [2.05, 4.69) is 15.7 Å². The molecular formula is C19H22N4O2. The third-order valence-corrected chi connectivity index (χ3v) is 4.24. The molecule has 0 unspecified atom stereocenters. The predicted octanol–water partition coefficient (Wildman–Crippen LogP) is 2.28. The van der Waals surface area contributed by atoms with E-state index in [9.17, 15) is 9.90 Å². The summed E-state index contributed by atoms with van der Waals surface area (Å²) < 4.78 is 1.62. The van der Waals surface area contributed by atoms with E-state index in [0.717, 1.165) is 16.3 Å². The molecule has 0 aliphatic heterocycles. The van der Waals surface area contributed by atoms with Crippen molar-refractivity contribution in [2.45, 2.75) is 19.1 Å². The second kappa shape index (κ2) is 6.94. The van der Waals surface area contributed by atoms with Gasteiger partial charge in [0.25, 0.3) is 0 Å². The zero-order valence-corrected chi connectivity index (χ0v) is 14.4. The molecule has 1 aromatic heterocycles. The van der Waals surface area contributed by atoms with Crippen molar-refractivity contribution in [1.29, 1.82) is 0 Å². The van der Waals surface area contributed by atoms with Crippen molar-refractivity contribution in [3.63, 3.8) is 0 Å². The summed E-state index contributed by atoms with van der Waals surface area (Å²) in [6, 6.07) is 13.8. The first-order chi connectivity index (χ1) is 12.0. The lowest BCUT2D eigenvalue weighted by molar-refractivity contribution is 0.0593. The normalized spacial score (nSPS) is 13.4. The first-order valence-electron chi connectivity index (χ1n) is 8.15. The average molecular weight is 338 g/mol. The molecule has 0 spiro atoms. The SMILES string of the molecule is Cn1cc([C@](C)(O)CNC(=O)NCc2cccc3ccccc23)cn1. The summed E-state index contributed by atoms with van der Waals surface area (Å²) in [4.78, 5) is 12.1. The Hall–Kier alpha value is -2.86. The molecule has 0 bridgehead atoms. The van der Waals surface area contributed by atoms with Crippen molar-refractivity contribution < 1.29 is 9.90 Å². The van der Waals surface area contributed by atoms with E-state index in [1.54, 1.807) is 31.0 Å². The molecule has 0 fully saturated rings. The van der Waals surface area contributed by atoms with E-state index in [0.29, 0.717) is 12.1 Å². The van der Waals surface area contributed by atoms with E-state index >= 15 is 0 Å². The minimum atomic E-state index is -1.18. The Morgan fingerprint density at radius 3 is 2.72 bits per heavy atom. The van der Waals surface area contributed by atoms with Gasteiger partial charge in [0.05, 0.1) is 12.7 Å². The first-order valence-corrected chi connectivity index (χ1v) is 8.15. The summed E-state index contributed by atoms with van der Waals surface area (Å²) in [5.74, 6) is 0.